The summed E-state index contributed by atoms with van der Waals surface area (Å²) in [6, 6.07) is 56.6. The summed E-state index contributed by atoms with van der Waals surface area (Å²) >= 11 is 1.86. The van der Waals surface area contributed by atoms with Gasteiger partial charge in [0.1, 0.15) is 5.65 Å². The van der Waals surface area contributed by atoms with Crippen molar-refractivity contribution in [3.05, 3.63) is 158 Å². The summed E-state index contributed by atoms with van der Waals surface area (Å²) in [6.07, 6.45) is 0. The van der Waals surface area contributed by atoms with Crippen molar-refractivity contribution in [1.29, 1.82) is 0 Å². The molecule has 0 saturated heterocycles. The fraction of sp³-hybridized carbons (Fsp3) is 0. The maximum absolute atomic E-state index is 5.31. The van der Waals surface area contributed by atoms with Gasteiger partial charge in [-0.3, -0.25) is 8.97 Å². The molecule has 0 saturated carbocycles. The van der Waals surface area contributed by atoms with Gasteiger partial charge < -0.3 is 0 Å². The molecule has 0 unspecified atom stereocenters. The van der Waals surface area contributed by atoms with Gasteiger partial charge in [-0.25, -0.2) is 9.97 Å². The molecule has 7 aromatic carbocycles. The molecular formula is C44H26N4S. The van der Waals surface area contributed by atoms with Gasteiger partial charge in [-0.15, -0.1) is 11.3 Å². The third-order valence-corrected chi connectivity index (χ3v) is 11.1. The first-order valence-electron chi connectivity index (χ1n) is 16.5. The Hall–Kier alpha value is -6.30. The lowest BCUT2D eigenvalue weighted by atomic mass is 9.98. The maximum Gasteiger partial charge on any atom is 0.221 e. The Morgan fingerprint density at radius 2 is 0.959 bits per heavy atom. The smallest absolute Gasteiger partial charge is 0.221 e. The van der Waals surface area contributed by atoms with Crippen LogP contribution < -0.4 is 0 Å². The van der Waals surface area contributed by atoms with Gasteiger partial charge in [0.05, 0.1) is 27.6 Å². The highest BCUT2D eigenvalue weighted by molar-refractivity contribution is 7.25. The van der Waals surface area contributed by atoms with Gasteiger partial charge >= 0.3 is 0 Å². The van der Waals surface area contributed by atoms with Crippen LogP contribution in [-0.2, 0) is 0 Å². The SMILES string of the molecule is c1ccc2c(c1)nc(-n1c3ccccc3c3cc(-c4ccc(-c5ccc6sc7ccccc7c6c5)cc4)ccc31)n1c3ccccc3nc21. The van der Waals surface area contributed by atoms with E-state index in [1.807, 2.05) is 23.5 Å². The van der Waals surface area contributed by atoms with Crippen LogP contribution in [-0.4, -0.2) is 18.9 Å². The molecule has 0 N–H and O–H groups in total. The summed E-state index contributed by atoms with van der Waals surface area (Å²) < 4.78 is 7.18. The number of benzene rings is 7. The van der Waals surface area contributed by atoms with Crippen molar-refractivity contribution in [1.82, 2.24) is 18.9 Å². The molecule has 0 fully saturated rings. The van der Waals surface area contributed by atoms with Crippen molar-refractivity contribution >= 4 is 80.9 Å². The molecule has 0 aliphatic heterocycles. The number of hydrogen-bond acceptors (Lipinski definition) is 3. The molecule has 0 atom stereocenters. The Kier molecular flexibility index (Phi) is 5.51. The Morgan fingerprint density at radius 1 is 0.388 bits per heavy atom. The van der Waals surface area contributed by atoms with Crippen LogP contribution in [0.25, 0.3) is 97.8 Å². The fourth-order valence-electron chi connectivity index (χ4n) is 7.61. The fourth-order valence-corrected chi connectivity index (χ4v) is 8.69. The van der Waals surface area contributed by atoms with Crippen molar-refractivity contribution in [3.8, 4) is 28.2 Å². The monoisotopic (exact) mass is 642 g/mol. The third kappa shape index (κ3) is 3.91. The summed E-state index contributed by atoms with van der Waals surface area (Å²) in [5.74, 6) is 0.834. The standard InChI is InChI=1S/C44H26N4S/c1-4-12-36-33(11-1)43-45-37-13-5-7-15-40(37)48(43)44(46-36)47-38-14-6-2-9-31(38)34-25-29(21-23-39(34)47)27-17-19-28(20-18-27)30-22-24-42-35(26-30)32-10-3-8-16-41(32)49-42/h1-26H. The number of nitrogens with zero attached hydrogens (tertiary/aromatic N) is 4. The quantitative estimate of drug-likeness (QED) is 0.192. The molecule has 0 aliphatic rings. The summed E-state index contributed by atoms with van der Waals surface area (Å²) in [4.78, 5) is 10.4. The van der Waals surface area contributed by atoms with Crippen molar-refractivity contribution in [3.63, 3.8) is 0 Å². The number of para-hydroxylation sites is 4. The third-order valence-electron chi connectivity index (χ3n) is 9.93. The number of hydrogen-bond donors (Lipinski definition) is 0. The van der Waals surface area contributed by atoms with E-state index in [2.05, 4.69) is 155 Å². The van der Waals surface area contributed by atoms with E-state index in [1.165, 1.54) is 53.2 Å². The molecule has 0 radical (unpaired) electrons. The predicted molar refractivity (Wildman–Crippen MR) is 206 cm³/mol. The first-order chi connectivity index (χ1) is 24.3. The number of thiophene rings is 1. The van der Waals surface area contributed by atoms with Gasteiger partial charge in [-0.05, 0) is 82.9 Å². The molecule has 0 spiro atoms. The molecule has 11 rings (SSSR count). The van der Waals surface area contributed by atoms with E-state index in [-0.39, 0.29) is 0 Å². The Labute approximate surface area is 284 Å². The number of imidazole rings is 1. The van der Waals surface area contributed by atoms with Gasteiger partial charge in [-0.1, -0.05) is 97.1 Å². The number of fused-ring (bicyclic) bond motifs is 11. The van der Waals surface area contributed by atoms with Crippen LogP contribution in [0.5, 0.6) is 0 Å². The van der Waals surface area contributed by atoms with E-state index in [4.69, 9.17) is 9.97 Å². The van der Waals surface area contributed by atoms with Gasteiger partial charge in [-0.2, -0.15) is 0 Å². The maximum atomic E-state index is 5.31. The number of rotatable bonds is 3. The van der Waals surface area contributed by atoms with Crippen LogP contribution >= 0.6 is 11.3 Å². The first kappa shape index (κ1) is 26.7. The molecule has 4 heterocycles. The van der Waals surface area contributed by atoms with E-state index < -0.39 is 0 Å². The van der Waals surface area contributed by atoms with Gasteiger partial charge in [0, 0.05) is 36.3 Å². The second-order valence-electron chi connectivity index (χ2n) is 12.7. The van der Waals surface area contributed by atoms with E-state index in [0.717, 1.165) is 44.6 Å². The zero-order chi connectivity index (χ0) is 32.1. The molecule has 0 aliphatic carbocycles. The molecule has 4 nitrogen and oxygen atoms in total. The highest BCUT2D eigenvalue weighted by atomic mass is 32.1. The lowest BCUT2D eigenvalue weighted by Crippen LogP contribution is -2.06. The first-order valence-corrected chi connectivity index (χ1v) is 17.3. The molecule has 11 aromatic rings. The zero-order valence-electron chi connectivity index (χ0n) is 26.2. The van der Waals surface area contributed by atoms with Crippen molar-refractivity contribution in [2.75, 3.05) is 0 Å². The van der Waals surface area contributed by atoms with Crippen molar-refractivity contribution < 1.29 is 0 Å². The minimum absolute atomic E-state index is 0.834. The Morgan fingerprint density at radius 3 is 1.78 bits per heavy atom. The Balaban J connectivity index is 1.08. The van der Waals surface area contributed by atoms with Crippen molar-refractivity contribution in [2.45, 2.75) is 0 Å². The van der Waals surface area contributed by atoms with E-state index in [1.54, 1.807) is 0 Å². The second kappa shape index (κ2) is 10.1. The lowest BCUT2D eigenvalue weighted by Gasteiger charge is -2.12. The average Bonchev–Trinajstić information content (AvgIpc) is 3.84. The molecule has 4 aromatic heterocycles. The normalized spacial score (nSPS) is 12.1. The van der Waals surface area contributed by atoms with Crippen LogP contribution in [0.4, 0.5) is 0 Å². The molecule has 0 bridgehead atoms. The lowest BCUT2D eigenvalue weighted by molar-refractivity contribution is 0.979. The summed E-state index contributed by atoms with van der Waals surface area (Å²) in [5.41, 5.74) is 10.9. The summed E-state index contributed by atoms with van der Waals surface area (Å²) in [7, 11) is 0. The largest absolute Gasteiger partial charge is 0.279 e. The topological polar surface area (TPSA) is 35.1 Å². The highest BCUT2D eigenvalue weighted by Crippen LogP contribution is 2.39. The minimum Gasteiger partial charge on any atom is -0.279 e. The molecular weight excluding hydrogens is 617 g/mol. The van der Waals surface area contributed by atoms with Gasteiger partial charge in [0.2, 0.25) is 5.95 Å². The van der Waals surface area contributed by atoms with E-state index >= 15 is 0 Å². The van der Waals surface area contributed by atoms with Crippen LogP contribution in [0, 0.1) is 0 Å². The molecule has 5 heteroatoms. The minimum atomic E-state index is 0.834. The average molecular weight is 643 g/mol. The van der Waals surface area contributed by atoms with Crippen LogP contribution in [0.3, 0.4) is 0 Å². The number of aromatic nitrogens is 4. The van der Waals surface area contributed by atoms with E-state index in [9.17, 15) is 0 Å². The second-order valence-corrected chi connectivity index (χ2v) is 13.7. The van der Waals surface area contributed by atoms with Gasteiger partial charge in [0.25, 0.3) is 0 Å². The van der Waals surface area contributed by atoms with Crippen LogP contribution in [0.15, 0.2) is 158 Å². The van der Waals surface area contributed by atoms with Crippen LogP contribution in [0.1, 0.15) is 0 Å². The Bertz CT molecular complexity index is 3110. The summed E-state index contributed by atoms with van der Waals surface area (Å²) in [6.45, 7) is 0. The van der Waals surface area contributed by atoms with Gasteiger partial charge in [0.15, 0.2) is 0 Å². The molecule has 49 heavy (non-hydrogen) atoms. The van der Waals surface area contributed by atoms with Crippen LogP contribution in [0.2, 0.25) is 0 Å². The highest BCUT2D eigenvalue weighted by Gasteiger charge is 2.20. The van der Waals surface area contributed by atoms with Crippen molar-refractivity contribution in [2.24, 2.45) is 0 Å². The van der Waals surface area contributed by atoms with E-state index in [0.29, 0.717) is 0 Å². The summed E-state index contributed by atoms with van der Waals surface area (Å²) in [5, 5.41) is 6.08. The molecule has 228 valence electrons. The predicted octanol–water partition coefficient (Wildman–Crippen LogP) is 11.8. The molecule has 0 amide bonds. The zero-order valence-corrected chi connectivity index (χ0v) is 27.0.